The summed E-state index contributed by atoms with van der Waals surface area (Å²) in [6.07, 6.45) is -0.0606. The molecule has 24 heavy (non-hydrogen) atoms. The fourth-order valence-corrected chi connectivity index (χ4v) is 3.35. The number of methoxy groups -OCH3 is 1. The minimum absolute atomic E-state index is 0.0606. The Bertz CT molecular complexity index is 803. The molecule has 2 aromatic rings. The van der Waals surface area contributed by atoms with E-state index in [1.165, 1.54) is 31.4 Å². The van der Waals surface area contributed by atoms with Crippen LogP contribution >= 0.6 is 11.6 Å². The first-order valence-electron chi connectivity index (χ1n) is 6.93. The van der Waals surface area contributed by atoms with Gasteiger partial charge in [0.15, 0.2) is 0 Å². The van der Waals surface area contributed by atoms with Gasteiger partial charge < -0.3 is 14.6 Å². The predicted molar refractivity (Wildman–Crippen MR) is 87.3 cm³/mol. The van der Waals surface area contributed by atoms with Crippen LogP contribution in [0, 0.1) is 0 Å². The molecule has 0 saturated carbocycles. The van der Waals surface area contributed by atoms with E-state index in [-0.39, 0.29) is 11.3 Å². The van der Waals surface area contributed by atoms with Crippen LogP contribution in [-0.4, -0.2) is 27.5 Å². The number of hydrogen-bond donors (Lipinski definition) is 1. The zero-order chi connectivity index (χ0) is 17.7. The first-order valence-corrected chi connectivity index (χ1v) is 8.79. The summed E-state index contributed by atoms with van der Waals surface area (Å²) in [5.74, 6) is -1.02. The second-order valence-corrected chi connectivity index (χ2v) is 7.15. The molecule has 2 rings (SSSR count). The largest absolute Gasteiger partial charge is 0.548 e. The van der Waals surface area contributed by atoms with Gasteiger partial charge >= 0.3 is 0 Å². The zero-order valence-electron chi connectivity index (χ0n) is 12.7. The molecular formula is C16H15ClNO5S-. The topological polar surface area (TPSA) is 95.5 Å². The summed E-state index contributed by atoms with van der Waals surface area (Å²) in [6.45, 7) is 0. The first-order chi connectivity index (χ1) is 11.3. The van der Waals surface area contributed by atoms with Crippen molar-refractivity contribution >= 4 is 27.6 Å². The third-order valence-corrected chi connectivity index (χ3v) is 5.04. The van der Waals surface area contributed by atoms with E-state index < -0.39 is 22.0 Å². The van der Waals surface area contributed by atoms with Gasteiger partial charge in [-0.1, -0.05) is 23.7 Å². The van der Waals surface area contributed by atoms with Crippen molar-refractivity contribution < 1.29 is 23.1 Å². The molecule has 8 heteroatoms. The predicted octanol–water partition coefficient (Wildman–Crippen LogP) is 0.988. The quantitative estimate of drug-likeness (QED) is 0.786. The molecule has 0 saturated heterocycles. The van der Waals surface area contributed by atoms with Crippen LogP contribution in [-0.2, 0) is 21.2 Å². The highest BCUT2D eigenvalue weighted by Gasteiger charge is 2.21. The zero-order valence-corrected chi connectivity index (χ0v) is 14.3. The first kappa shape index (κ1) is 18.3. The second kappa shape index (κ2) is 7.65. The summed E-state index contributed by atoms with van der Waals surface area (Å²) >= 11 is 5.77. The van der Waals surface area contributed by atoms with E-state index in [1.807, 2.05) is 0 Å². The highest BCUT2D eigenvalue weighted by molar-refractivity contribution is 7.89. The van der Waals surface area contributed by atoms with Crippen molar-refractivity contribution in [2.75, 3.05) is 7.11 Å². The van der Waals surface area contributed by atoms with Crippen LogP contribution < -0.4 is 14.6 Å². The standard InChI is InChI=1S/C16H16ClNO5S/c1-23-13-6-8-14(9-7-13)24(21,22)18-15(16(19)20)10-11-2-4-12(17)5-3-11/h2-9,15,18H,10H2,1H3,(H,19,20)/p-1/t15-/m1/s1. The molecule has 0 radical (unpaired) electrons. The maximum Gasteiger partial charge on any atom is 0.241 e. The number of nitrogens with one attached hydrogen (secondary N) is 1. The molecule has 0 aliphatic carbocycles. The Morgan fingerprint density at radius 1 is 1.17 bits per heavy atom. The maximum absolute atomic E-state index is 12.3. The Morgan fingerprint density at radius 2 is 1.75 bits per heavy atom. The number of halogens is 1. The summed E-state index contributed by atoms with van der Waals surface area (Å²) in [4.78, 5) is 11.2. The van der Waals surface area contributed by atoms with Crippen LogP contribution in [0.3, 0.4) is 0 Å². The number of carboxylic acids is 1. The van der Waals surface area contributed by atoms with E-state index in [1.54, 1.807) is 24.3 Å². The summed E-state index contributed by atoms with van der Waals surface area (Å²) in [5.41, 5.74) is 0.617. The van der Waals surface area contributed by atoms with E-state index in [9.17, 15) is 18.3 Å². The van der Waals surface area contributed by atoms with Gasteiger partial charge in [0, 0.05) is 5.02 Å². The number of hydrogen-bond acceptors (Lipinski definition) is 5. The van der Waals surface area contributed by atoms with Crippen molar-refractivity contribution in [1.29, 1.82) is 0 Å². The van der Waals surface area contributed by atoms with E-state index in [2.05, 4.69) is 4.72 Å². The molecule has 6 nitrogen and oxygen atoms in total. The van der Waals surface area contributed by atoms with Gasteiger partial charge in [0.05, 0.1) is 24.0 Å². The van der Waals surface area contributed by atoms with Gasteiger partial charge in [-0.3, -0.25) is 0 Å². The van der Waals surface area contributed by atoms with E-state index in [4.69, 9.17) is 16.3 Å². The van der Waals surface area contributed by atoms with Crippen molar-refractivity contribution in [2.45, 2.75) is 17.4 Å². The SMILES string of the molecule is COc1ccc(S(=O)(=O)N[C@H](Cc2ccc(Cl)cc2)C(=O)[O-])cc1. The Kier molecular flexibility index (Phi) is 5.82. The van der Waals surface area contributed by atoms with Crippen LogP contribution in [0.2, 0.25) is 5.02 Å². The fourth-order valence-electron chi connectivity index (χ4n) is 2.04. The molecule has 0 aliphatic heterocycles. The number of aliphatic carboxylic acids is 1. The maximum atomic E-state index is 12.3. The van der Waals surface area contributed by atoms with Gasteiger partial charge in [0.2, 0.25) is 10.0 Å². The minimum Gasteiger partial charge on any atom is -0.548 e. The van der Waals surface area contributed by atoms with Crippen LogP contribution in [0.4, 0.5) is 0 Å². The number of rotatable bonds is 7. The molecule has 0 aliphatic rings. The van der Waals surface area contributed by atoms with Gasteiger partial charge in [-0.2, -0.15) is 0 Å². The summed E-state index contributed by atoms with van der Waals surface area (Å²) in [6, 6.07) is 10.6. The molecule has 0 aromatic heterocycles. The lowest BCUT2D eigenvalue weighted by atomic mass is 10.1. The Labute approximate surface area is 145 Å². The summed E-state index contributed by atoms with van der Waals surface area (Å²) < 4.78 is 31.8. The lowest BCUT2D eigenvalue weighted by Crippen LogP contribution is -2.49. The van der Waals surface area contributed by atoms with E-state index in [0.29, 0.717) is 16.3 Å². The molecule has 0 unspecified atom stereocenters. The molecule has 0 spiro atoms. The number of carbonyl (C=O) groups is 1. The lowest BCUT2D eigenvalue weighted by Gasteiger charge is -2.20. The number of benzene rings is 2. The average molecular weight is 369 g/mol. The number of sulfonamides is 1. The van der Waals surface area contributed by atoms with Crippen LogP contribution in [0.1, 0.15) is 5.56 Å². The van der Waals surface area contributed by atoms with Crippen molar-refractivity contribution in [1.82, 2.24) is 4.72 Å². The summed E-state index contributed by atoms with van der Waals surface area (Å²) in [7, 11) is -2.55. The van der Waals surface area contributed by atoms with Gasteiger partial charge in [-0.15, -0.1) is 0 Å². The highest BCUT2D eigenvalue weighted by Crippen LogP contribution is 2.17. The summed E-state index contributed by atoms with van der Waals surface area (Å²) in [5, 5.41) is 11.8. The fraction of sp³-hybridized carbons (Fsp3) is 0.188. The van der Waals surface area contributed by atoms with Gasteiger partial charge in [0.1, 0.15) is 5.75 Å². The van der Waals surface area contributed by atoms with Crippen molar-refractivity contribution in [3.63, 3.8) is 0 Å². The van der Waals surface area contributed by atoms with Crippen molar-refractivity contribution in [2.24, 2.45) is 0 Å². The van der Waals surface area contributed by atoms with Crippen LogP contribution in [0.5, 0.6) is 5.75 Å². The molecule has 1 atom stereocenters. The monoisotopic (exact) mass is 368 g/mol. The van der Waals surface area contributed by atoms with Crippen molar-refractivity contribution in [3.8, 4) is 5.75 Å². The third kappa shape index (κ3) is 4.70. The molecule has 0 fully saturated rings. The Hall–Kier alpha value is -2.09. The normalized spacial score (nSPS) is 12.6. The van der Waals surface area contributed by atoms with Gasteiger partial charge in [-0.05, 0) is 48.4 Å². The molecule has 0 amide bonds. The molecule has 128 valence electrons. The lowest BCUT2D eigenvalue weighted by molar-refractivity contribution is -0.307. The number of carbonyl (C=O) groups excluding carboxylic acids is 1. The minimum atomic E-state index is -4.01. The molecule has 0 heterocycles. The second-order valence-electron chi connectivity index (χ2n) is 5.00. The highest BCUT2D eigenvalue weighted by atomic mass is 35.5. The Morgan fingerprint density at radius 3 is 2.25 bits per heavy atom. The third-order valence-electron chi connectivity index (χ3n) is 3.30. The Balaban J connectivity index is 2.19. The van der Waals surface area contributed by atoms with Crippen LogP contribution in [0.15, 0.2) is 53.4 Å². The van der Waals surface area contributed by atoms with Gasteiger partial charge in [-0.25, -0.2) is 13.1 Å². The number of ether oxygens (including phenoxy) is 1. The molecule has 0 bridgehead atoms. The smallest absolute Gasteiger partial charge is 0.241 e. The van der Waals surface area contributed by atoms with Crippen LogP contribution in [0.25, 0.3) is 0 Å². The molecular weight excluding hydrogens is 354 g/mol. The van der Waals surface area contributed by atoms with Gasteiger partial charge in [0.25, 0.3) is 0 Å². The molecule has 1 N–H and O–H groups in total. The average Bonchev–Trinajstić information content (AvgIpc) is 2.56. The van der Waals surface area contributed by atoms with E-state index >= 15 is 0 Å². The number of carboxylic acid groups (broad SMARTS) is 1. The molecule has 2 aromatic carbocycles. The van der Waals surface area contributed by atoms with E-state index in [0.717, 1.165) is 0 Å². The van der Waals surface area contributed by atoms with Crippen molar-refractivity contribution in [3.05, 3.63) is 59.1 Å².